The van der Waals surface area contributed by atoms with E-state index in [2.05, 4.69) is 28.9 Å². The van der Waals surface area contributed by atoms with E-state index in [1.807, 2.05) is 31.2 Å². The highest BCUT2D eigenvalue weighted by Crippen LogP contribution is 2.21. The first-order chi connectivity index (χ1) is 11.7. The maximum atomic E-state index is 12.7. The van der Waals surface area contributed by atoms with Crippen LogP contribution in [0.1, 0.15) is 60.3 Å². The first kappa shape index (κ1) is 17.0. The molecule has 3 nitrogen and oxygen atoms in total. The van der Waals surface area contributed by atoms with Gasteiger partial charge in [-0.25, -0.2) is 0 Å². The Hall–Kier alpha value is -1.87. The highest BCUT2D eigenvalue weighted by molar-refractivity contribution is 5.99. The molecular weight excluding hydrogens is 296 g/mol. The van der Waals surface area contributed by atoms with Crippen molar-refractivity contribution in [2.24, 2.45) is 0 Å². The van der Waals surface area contributed by atoms with Gasteiger partial charge in [0.05, 0.1) is 6.54 Å². The average Bonchev–Trinajstić information content (AvgIpc) is 2.78. The number of aryl methyl sites for hydroxylation is 1. The highest BCUT2D eigenvalue weighted by atomic mass is 16.1. The summed E-state index contributed by atoms with van der Waals surface area (Å²) in [5.74, 6) is 0.203. The third kappa shape index (κ3) is 3.78. The van der Waals surface area contributed by atoms with E-state index in [9.17, 15) is 4.79 Å². The maximum absolute atomic E-state index is 12.7. The fourth-order valence-electron chi connectivity index (χ4n) is 3.84. The van der Waals surface area contributed by atoms with E-state index in [4.69, 9.17) is 0 Å². The van der Waals surface area contributed by atoms with Crippen LogP contribution in [0.3, 0.4) is 0 Å². The largest absolute Gasteiger partial charge is 0.318 e. The lowest BCUT2D eigenvalue weighted by Crippen LogP contribution is -2.33. The number of hydrogen-bond donors (Lipinski definition) is 1. The number of carbonyl (C=O) groups is 1. The fraction of sp³-hybridized carbons (Fsp3) is 0.476. The molecule has 0 spiro atoms. The molecule has 0 saturated heterocycles. The van der Waals surface area contributed by atoms with Gasteiger partial charge in [-0.1, -0.05) is 43.9 Å². The van der Waals surface area contributed by atoms with Crippen LogP contribution in [0, 0.1) is 13.8 Å². The predicted molar refractivity (Wildman–Crippen MR) is 99.1 cm³/mol. The van der Waals surface area contributed by atoms with E-state index < -0.39 is 0 Å². The Morgan fingerprint density at radius 1 is 1.08 bits per heavy atom. The molecule has 1 fully saturated rings. The molecule has 3 heteroatoms. The molecule has 0 atom stereocenters. The van der Waals surface area contributed by atoms with Crippen molar-refractivity contribution in [3.63, 3.8) is 0 Å². The molecule has 128 valence electrons. The predicted octanol–water partition coefficient (Wildman–Crippen LogP) is 4.59. The number of hydrogen-bond acceptors (Lipinski definition) is 2. The van der Waals surface area contributed by atoms with Crippen LogP contribution in [0.2, 0.25) is 0 Å². The lowest BCUT2D eigenvalue weighted by Gasteiger charge is -2.15. The van der Waals surface area contributed by atoms with Crippen LogP contribution in [0.5, 0.6) is 0 Å². The Labute approximate surface area is 145 Å². The second-order valence-corrected chi connectivity index (χ2v) is 6.95. The minimum atomic E-state index is 0.203. The van der Waals surface area contributed by atoms with Gasteiger partial charge in [0.15, 0.2) is 5.78 Å². The topological polar surface area (TPSA) is 34.0 Å². The van der Waals surface area contributed by atoms with Crippen molar-refractivity contribution in [2.75, 3.05) is 6.54 Å². The van der Waals surface area contributed by atoms with Gasteiger partial charge in [-0.2, -0.15) is 0 Å². The molecule has 1 N–H and O–H groups in total. The summed E-state index contributed by atoms with van der Waals surface area (Å²) >= 11 is 0. The van der Waals surface area contributed by atoms with E-state index in [0.717, 1.165) is 22.6 Å². The number of ketones is 1. The number of nitrogens with zero attached hydrogens (tertiary/aromatic N) is 1. The molecule has 1 aromatic heterocycles. The van der Waals surface area contributed by atoms with Gasteiger partial charge in [-0.3, -0.25) is 4.79 Å². The molecule has 1 aliphatic carbocycles. The fourth-order valence-corrected chi connectivity index (χ4v) is 3.84. The van der Waals surface area contributed by atoms with E-state index >= 15 is 0 Å². The summed E-state index contributed by atoms with van der Waals surface area (Å²) in [6.07, 6.45) is 7.66. The summed E-state index contributed by atoms with van der Waals surface area (Å²) in [5, 5.41) is 3.50. The van der Waals surface area contributed by atoms with Gasteiger partial charge in [0, 0.05) is 28.7 Å². The van der Waals surface area contributed by atoms with Crippen LogP contribution in [-0.4, -0.2) is 22.9 Å². The molecule has 1 aromatic carbocycles. The van der Waals surface area contributed by atoms with E-state index in [1.165, 1.54) is 38.5 Å². The molecule has 1 saturated carbocycles. The molecule has 3 rings (SSSR count). The quantitative estimate of drug-likeness (QED) is 0.645. The first-order valence-electron chi connectivity index (χ1n) is 9.18. The molecule has 0 aliphatic heterocycles. The summed E-state index contributed by atoms with van der Waals surface area (Å²) in [4.78, 5) is 12.7. The van der Waals surface area contributed by atoms with Crippen LogP contribution >= 0.6 is 0 Å². The van der Waals surface area contributed by atoms with E-state index in [-0.39, 0.29) is 5.78 Å². The molecule has 0 amide bonds. The van der Waals surface area contributed by atoms with Crippen LogP contribution in [0.15, 0.2) is 36.4 Å². The number of rotatable bonds is 5. The minimum absolute atomic E-state index is 0.203. The lowest BCUT2D eigenvalue weighted by molar-refractivity contribution is 0.0985. The van der Waals surface area contributed by atoms with Crippen molar-refractivity contribution in [2.45, 2.75) is 58.4 Å². The third-order valence-electron chi connectivity index (χ3n) is 5.15. The van der Waals surface area contributed by atoms with Gasteiger partial charge < -0.3 is 9.88 Å². The van der Waals surface area contributed by atoms with Gasteiger partial charge >= 0.3 is 0 Å². The zero-order chi connectivity index (χ0) is 16.9. The highest BCUT2D eigenvalue weighted by Gasteiger charge is 2.18. The monoisotopic (exact) mass is 324 g/mol. The van der Waals surface area contributed by atoms with Crippen LogP contribution in [-0.2, 0) is 0 Å². The van der Waals surface area contributed by atoms with Crippen LogP contribution < -0.4 is 5.32 Å². The lowest BCUT2D eigenvalue weighted by atomic mass is 10.1. The van der Waals surface area contributed by atoms with Crippen molar-refractivity contribution in [3.8, 4) is 5.69 Å². The Morgan fingerprint density at radius 2 is 1.75 bits per heavy atom. The number of nitrogens with one attached hydrogen (secondary N) is 1. The van der Waals surface area contributed by atoms with Crippen LogP contribution in [0.25, 0.3) is 5.69 Å². The van der Waals surface area contributed by atoms with Gasteiger partial charge in [0.25, 0.3) is 0 Å². The van der Waals surface area contributed by atoms with Crippen molar-refractivity contribution < 1.29 is 4.79 Å². The van der Waals surface area contributed by atoms with Gasteiger partial charge in [0.1, 0.15) is 0 Å². The molecule has 0 radical (unpaired) electrons. The summed E-state index contributed by atoms with van der Waals surface area (Å²) in [6.45, 7) is 4.55. The van der Waals surface area contributed by atoms with Gasteiger partial charge in [-0.05, 0) is 44.9 Å². The molecule has 1 heterocycles. The zero-order valence-electron chi connectivity index (χ0n) is 14.8. The molecule has 24 heavy (non-hydrogen) atoms. The molecule has 2 aromatic rings. The Bertz CT molecular complexity index is 679. The minimum Gasteiger partial charge on any atom is -0.318 e. The maximum Gasteiger partial charge on any atom is 0.178 e. The Morgan fingerprint density at radius 3 is 2.42 bits per heavy atom. The van der Waals surface area contributed by atoms with Gasteiger partial charge in [-0.15, -0.1) is 0 Å². The molecule has 0 bridgehead atoms. The summed E-state index contributed by atoms with van der Waals surface area (Å²) in [5.41, 5.74) is 4.10. The zero-order valence-corrected chi connectivity index (χ0v) is 14.8. The standard InChI is InChI=1S/C21H28N2O/c1-16-14-20(17(2)23(16)19-12-8-5-9-13-19)21(24)15-22-18-10-6-3-4-7-11-18/h5,8-9,12-14,18,22H,3-4,6-7,10-11,15H2,1-2H3. The molecular formula is C21H28N2O. The summed E-state index contributed by atoms with van der Waals surface area (Å²) in [6, 6.07) is 12.8. The number of para-hydroxylation sites is 1. The SMILES string of the molecule is Cc1cc(C(=O)CNC2CCCCCC2)c(C)n1-c1ccccc1. The van der Waals surface area contributed by atoms with Crippen LogP contribution in [0.4, 0.5) is 0 Å². The van der Waals surface area contributed by atoms with Crippen molar-refractivity contribution in [3.05, 3.63) is 53.3 Å². The first-order valence-corrected chi connectivity index (χ1v) is 9.18. The third-order valence-corrected chi connectivity index (χ3v) is 5.15. The van der Waals surface area contributed by atoms with E-state index in [1.54, 1.807) is 0 Å². The van der Waals surface area contributed by atoms with Crippen molar-refractivity contribution in [1.29, 1.82) is 0 Å². The number of aromatic nitrogens is 1. The van der Waals surface area contributed by atoms with Crippen molar-refractivity contribution >= 4 is 5.78 Å². The van der Waals surface area contributed by atoms with Crippen molar-refractivity contribution in [1.82, 2.24) is 9.88 Å². The second-order valence-electron chi connectivity index (χ2n) is 6.95. The Balaban J connectivity index is 1.71. The van der Waals surface area contributed by atoms with Gasteiger partial charge in [0.2, 0.25) is 0 Å². The number of carbonyl (C=O) groups excluding carboxylic acids is 1. The normalized spacial score (nSPS) is 16.1. The van der Waals surface area contributed by atoms with E-state index in [0.29, 0.717) is 12.6 Å². The number of benzene rings is 1. The number of Topliss-reactive ketones (excluding diaryl/α,β-unsaturated/α-hetero) is 1. The molecule has 0 unspecified atom stereocenters. The smallest absolute Gasteiger partial charge is 0.178 e. The average molecular weight is 324 g/mol. The summed E-state index contributed by atoms with van der Waals surface area (Å²) in [7, 11) is 0. The molecule has 1 aliphatic rings. The summed E-state index contributed by atoms with van der Waals surface area (Å²) < 4.78 is 2.17. The second kappa shape index (κ2) is 7.80. The Kier molecular flexibility index (Phi) is 5.52.